The minimum atomic E-state index is -4.86. The Labute approximate surface area is 175 Å². The van der Waals surface area contributed by atoms with Crippen LogP contribution >= 0.6 is 0 Å². The predicted octanol–water partition coefficient (Wildman–Crippen LogP) is 3.37. The molecule has 0 fully saturated rings. The lowest BCUT2D eigenvalue weighted by atomic mass is 10.1. The molecule has 3 aromatic rings. The highest BCUT2D eigenvalue weighted by Crippen LogP contribution is 2.31. The fourth-order valence-electron chi connectivity index (χ4n) is 3.36. The van der Waals surface area contributed by atoms with E-state index in [9.17, 15) is 26.4 Å². The van der Waals surface area contributed by atoms with Gasteiger partial charge in [0, 0.05) is 30.6 Å². The monoisotopic (exact) mass is 447 g/mol. The highest BCUT2D eigenvalue weighted by Gasteiger charge is 2.35. The second-order valence-electron chi connectivity index (χ2n) is 7.25. The van der Waals surface area contributed by atoms with Crippen molar-refractivity contribution in [3.05, 3.63) is 81.4 Å². The minimum Gasteiger partial charge on any atom is -0.311 e. The smallest absolute Gasteiger partial charge is 0.311 e. The Hall–Kier alpha value is -3.27. The van der Waals surface area contributed by atoms with Gasteiger partial charge in [0.2, 0.25) is 15.0 Å². The van der Waals surface area contributed by atoms with Crippen LogP contribution in [0.2, 0.25) is 0 Å². The van der Waals surface area contributed by atoms with Crippen LogP contribution in [-0.2, 0) is 29.0 Å². The zero-order chi connectivity index (χ0) is 22.4. The minimum absolute atomic E-state index is 0.175. The zero-order valence-corrected chi connectivity index (χ0v) is 17.0. The van der Waals surface area contributed by atoms with Crippen LogP contribution in [0.1, 0.15) is 16.8 Å². The average Bonchev–Trinajstić information content (AvgIpc) is 3.10. The van der Waals surface area contributed by atoms with Crippen molar-refractivity contribution in [2.24, 2.45) is 0 Å². The van der Waals surface area contributed by atoms with Gasteiger partial charge in [0.1, 0.15) is 5.69 Å². The van der Waals surface area contributed by atoms with Gasteiger partial charge < -0.3 is 4.57 Å². The first-order chi connectivity index (χ1) is 14.5. The van der Waals surface area contributed by atoms with Crippen molar-refractivity contribution in [3.63, 3.8) is 0 Å². The first-order valence-electron chi connectivity index (χ1n) is 9.15. The number of sulfone groups is 1. The number of hydrogen-bond acceptors (Lipinski definition) is 5. The molecule has 0 atom stereocenters. The summed E-state index contributed by atoms with van der Waals surface area (Å²) in [7, 11) is -4.08. The lowest BCUT2D eigenvalue weighted by molar-refractivity contribution is -0.141. The molecule has 1 aromatic carbocycles. The first-order valence-corrected chi connectivity index (χ1v) is 11.0. The van der Waals surface area contributed by atoms with Crippen molar-refractivity contribution in [1.29, 1.82) is 0 Å². The van der Waals surface area contributed by atoms with E-state index in [-0.39, 0.29) is 23.4 Å². The lowest BCUT2D eigenvalue weighted by Gasteiger charge is -2.12. The van der Waals surface area contributed by atoms with Crippen LogP contribution in [-0.4, -0.2) is 29.2 Å². The number of benzene rings is 1. The van der Waals surface area contributed by atoms with Gasteiger partial charge in [0.05, 0.1) is 5.69 Å². The van der Waals surface area contributed by atoms with Gasteiger partial charge in [0.25, 0.3) is 5.56 Å². The molecule has 0 N–H and O–H groups in total. The van der Waals surface area contributed by atoms with E-state index in [0.29, 0.717) is 12.5 Å². The molecule has 0 bridgehead atoms. The summed E-state index contributed by atoms with van der Waals surface area (Å²) in [5, 5.41) is -0.927. The summed E-state index contributed by atoms with van der Waals surface area (Å²) in [6.07, 6.45) is -0.108. The fraction of sp³-hybridized carbons (Fsp3) is 0.190. The maximum absolute atomic E-state index is 13.2. The van der Waals surface area contributed by atoms with Gasteiger partial charge in [-0.25, -0.2) is 18.4 Å². The predicted molar refractivity (Wildman–Crippen MR) is 108 cm³/mol. The molecule has 4 rings (SSSR count). The van der Waals surface area contributed by atoms with Gasteiger partial charge in [-0.2, -0.15) is 13.2 Å². The van der Waals surface area contributed by atoms with Gasteiger partial charge >= 0.3 is 6.18 Å². The van der Waals surface area contributed by atoms with Crippen LogP contribution in [0.5, 0.6) is 0 Å². The van der Waals surface area contributed by atoms with E-state index >= 15 is 0 Å². The highest BCUT2D eigenvalue weighted by atomic mass is 32.2. The number of hydrogen-bond donors (Lipinski definition) is 0. The van der Waals surface area contributed by atoms with E-state index in [4.69, 9.17) is 0 Å². The number of nitrogens with zero attached hydrogens (tertiary/aromatic N) is 3. The summed E-state index contributed by atoms with van der Waals surface area (Å²) >= 11 is 0. The van der Waals surface area contributed by atoms with Gasteiger partial charge in [0.15, 0.2) is 0 Å². The maximum atomic E-state index is 13.2. The normalized spacial score (nSPS) is 13.7. The van der Waals surface area contributed by atoms with E-state index in [0.717, 1.165) is 23.0 Å². The quantitative estimate of drug-likeness (QED) is 0.573. The van der Waals surface area contributed by atoms with E-state index in [2.05, 4.69) is 9.97 Å². The zero-order valence-electron chi connectivity index (χ0n) is 16.2. The van der Waals surface area contributed by atoms with Crippen LogP contribution in [0, 0.1) is 0 Å². The van der Waals surface area contributed by atoms with Crippen LogP contribution in [0.3, 0.4) is 0 Å². The van der Waals surface area contributed by atoms with Crippen LogP contribution in [0.15, 0.2) is 64.2 Å². The molecule has 1 aliphatic carbocycles. The molecule has 160 valence electrons. The van der Waals surface area contributed by atoms with Crippen molar-refractivity contribution < 1.29 is 21.6 Å². The number of halogens is 3. The lowest BCUT2D eigenvalue weighted by Crippen LogP contribution is -2.20. The molecule has 0 aliphatic heterocycles. The third-order valence-corrected chi connectivity index (χ3v) is 5.66. The largest absolute Gasteiger partial charge is 0.433 e. The molecule has 0 saturated carbocycles. The molecule has 31 heavy (non-hydrogen) atoms. The molecular weight excluding hydrogens is 431 g/mol. The number of alkyl halides is 3. The van der Waals surface area contributed by atoms with Gasteiger partial charge in [-0.05, 0) is 35.3 Å². The van der Waals surface area contributed by atoms with Crippen molar-refractivity contribution in [2.45, 2.75) is 24.3 Å². The van der Waals surface area contributed by atoms with E-state index < -0.39 is 26.9 Å². The van der Waals surface area contributed by atoms with E-state index in [1.54, 1.807) is 0 Å². The molecular formula is C21H16F3N3O3S. The summed E-state index contributed by atoms with van der Waals surface area (Å²) in [4.78, 5) is 19.3. The highest BCUT2D eigenvalue weighted by molar-refractivity contribution is 7.90. The summed E-state index contributed by atoms with van der Waals surface area (Å²) in [6.45, 7) is 0.248. The molecule has 0 spiro atoms. The second kappa shape index (κ2) is 7.45. The molecule has 2 aromatic heterocycles. The molecule has 6 nitrogen and oxygen atoms in total. The SMILES string of the molecule is CS(=O)(=O)c1nc(-c2ccc(=O)n(CC3=Cc4ccccc4C3)c2)cc(C(F)(F)F)n1. The van der Waals surface area contributed by atoms with Gasteiger partial charge in [-0.1, -0.05) is 30.3 Å². The Morgan fingerprint density at radius 1 is 1.10 bits per heavy atom. The van der Waals surface area contributed by atoms with Crippen LogP contribution < -0.4 is 5.56 Å². The van der Waals surface area contributed by atoms with Crippen LogP contribution in [0.25, 0.3) is 17.3 Å². The summed E-state index contributed by atoms with van der Waals surface area (Å²) in [6, 6.07) is 11.0. The standard InChI is InChI=1S/C21H16F3N3O3S/c1-31(29,30)20-25-17(10-18(26-20)21(22,23)24)16-6-7-19(28)27(12-16)11-13-8-14-4-2-3-5-15(14)9-13/h2-8,10,12H,9,11H2,1H3. The Balaban J connectivity index is 1.74. The summed E-state index contributed by atoms with van der Waals surface area (Å²) in [5.41, 5.74) is 1.39. The van der Waals surface area contributed by atoms with Gasteiger partial charge in [-0.15, -0.1) is 0 Å². The molecule has 0 radical (unpaired) electrons. The summed E-state index contributed by atoms with van der Waals surface area (Å²) in [5.74, 6) is 0. The number of aromatic nitrogens is 3. The summed E-state index contributed by atoms with van der Waals surface area (Å²) < 4.78 is 64.7. The second-order valence-corrected chi connectivity index (χ2v) is 9.16. The van der Waals surface area contributed by atoms with Crippen molar-refractivity contribution in [1.82, 2.24) is 14.5 Å². The van der Waals surface area contributed by atoms with E-state index in [1.807, 2.05) is 30.3 Å². The molecule has 0 amide bonds. The van der Waals surface area contributed by atoms with Crippen molar-refractivity contribution >= 4 is 15.9 Å². The van der Waals surface area contributed by atoms with Crippen molar-refractivity contribution in [3.8, 4) is 11.3 Å². The molecule has 10 heteroatoms. The third-order valence-electron chi connectivity index (χ3n) is 4.81. The maximum Gasteiger partial charge on any atom is 0.433 e. The number of fused-ring (bicyclic) bond motifs is 1. The Kier molecular flexibility index (Phi) is 5.04. The Morgan fingerprint density at radius 2 is 1.84 bits per heavy atom. The van der Waals surface area contributed by atoms with Crippen LogP contribution in [0.4, 0.5) is 13.2 Å². The Bertz CT molecular complexity index is 1380. The molecule has 2 heterocycles. The van der Waals surface area contributed by atoms with E-state index in [1.165, 1.54) is 22.9 Å². The first kappa shape index (κ1) is 21.0. The topological polar surface area (TPSA) is 81.9 Å². The fourth-order valence-corrected chi connectivity index (χ4v) is 3.89. The number of rotatable bonds is 4. The molecule has 1 aliphatic rings. The number of pyridine rings is 1. The average molecular weight is 447 g/mol. The van der Waals surface area contributed by atoms with Gasteiger partial charge in [-0.3, -0.25) is 4.79 Å². The third kappa shape index (κ3) is 4.43. The Morgan fingerprint density at radius 3 is 2.52 bits per heavy atom. The number of allylic oxidation sites excluding steroid dienone is 1. The molecule has 0 unspecified atom stereocenters. The molecule has 0 saturated heterocycles. The van der Waals surface area contributed by atoms with Crippen molar-refractivity contribution in [2.75, 3.05) is 6.26 Å².